The van der Waals surface area contributed by atoms with Crippen molar-refractivity contribution >= 4 is 49.0 Å². The van der Waals surface area contributed by atoms with Gasteiger partial charge in [0.15, 0.2) is 0 Å². The van der Waals surface area contributed by atoms with Gasteiger partial charge in [-0.05, 0) is 45.1 Å². The van der Waals surface area contributed by atoms with Gasteiger partial charge in [-0.2, -0.15) is 5.26 Å². The maximum Gasteiger partial charge on any atom is 0.0711 e. The van der Waals surface area contributed by atoms with E-state index < -0.39 is 0 Å². The molecule has 0 radical (unpaired) electrons. The van der Waals surface area contributed by atoms with Gasteiger partial charge in [-0.3, -0.25) is 0 Å². The van der Waals surface area contributed by atoms with Crippen LogP contribution in [0.5, 0.6) is 0 Å². The van der Waals surface area contributed by atoms with Crippen molar-refractivity contribution in [1.29, 1.82) is 5.26 Å². The Morgan fingerprint density at radius 1 is 1.43 bits per heavy atom. The fraction of sp³-hybridized carbons (Fsp3) is 0.100. The fourth-order valence-electron chi connectivity index (χ4n) is 1.30. The van der Waals surface area contributed by atoms with Crippen molar-refractivity contribution in [3.05, 3.63) is 32.6 Å². The van der Waals surface area contributed by atoms with Gasteiger partial charge in [-0.1, -0.05) is 11.6 Å². The number of hydrogen-bond acceptors (Lipinski definition) is 2. The predicted octanol–water partition coefficient (Wildman–Crippen LogP) is 4.38. The second-order valence-corrected chi connectivity index (χ2v) is 5.74. The summed E-state index contributed by atoms with van der Waals surface area (Å²) in [4.78, 5) is 0. The average molecular weight is 287 g/mol. The molecular weight excluding hydrogens is 282 g/mol. The standard InChI is InChI=1S/C10H5BrClNS/c11-10-4-7-3-6(1-2-13)8(12)5-9(7)14-10/h3-5H,1H2. The Bertz CT molecular complexity index is 527. The maximum atomic E-state index is 8.61. The number of fused-ring (bicyclic) bond motifs is 1. The molecule has 0 fully saturated rings. The Hall–Kier alpha value is -0.560. The Kier molecular flexibility index (Phi) is 2.78. The molecule has 0 aliphatic rings. The van der Waals surface area contributed by atoms with Crippen molar-refractivity contribution in [3.8, 4) is 6.07 Å². The minimum absolute atomic E-state index is 0.363. The van der Waals surface area contributed by atoms with E-state index in [-0.39, 0.29) is 0 Å². The molecule has 1 aromatic carbocycles. The molecule has 0 saturated heterocycles. The highest BCUT2D eigenvalue weighted by Crippen LogP contribution is 2.33. The first-order chi connectivity index (χ1) is 6.70. The molecule has 0 aliphatic heterocycles. The van der Waals surface area contributed by atoms with Crippen LogP contribution in [0.4, 0.5) is 0 Å². The van der Waals surface area contributed by atoms with Crippen LogP contribution in [-0.2, 0) is 6.42 Å². The summed E-state index contributed by atoms with van der Waals surface area (Å²) in [5.74, 6) is 0. The number of rotatable bonds is 1. The molecule has 4 heteroatoms. The largest absolute Gasteiger partial charge is 0.198 e. The van der Waals surface area contributed by atoms with Crippen LogP contribution >= 0.6 is 38.9 Å². The first-order valence-corrected chi connectivity index (χ1v) is 5.94. The molecule has 14 heavy (non-hydrogen) atoms. The van der Waals surface area contributed by atoms with Crippen LogP contribution in [0.1, 0.15) is 5.56 Å². The summed E-state index contributed by atoms with van der Waals surface area (Å²) in [6.45, 7) is 0. The van der Waals surface area contributed by atoms with Gasteiger partial charge in [-0.15, -0.1) is 11.3 Å². The molecule has 2 rings (SSSR count). The summed E-state index contributed by atoms with van der Waals surface area (Å²) >= 11 is 11.1. The highest BCUT2D eigenvalue weighted by Gasteiger charge is 2.05. The van der Waals surface area contributed by atoms with Crippen LogP contribution in [0.25, 0.3) is 10.1 Å². The monoisotopic (exact) mass is 285 g/mol. The summed E-state index contributed by atoms with van der Waals surface area (Å²) in [7, 11) is 0. The molecule has 70 valence electrons. The smallest absolute Gasteiger partial charge is 0.0711 e. The van der Waals surface area contributed by atoms with E-state index in [2.05, 4.69) is 22.0 Å². The second-order valence-electron chi connectivity index (χ2n) is 2.87. The normalized spacial score (nSPS) is 10.4. The molecule has 1 nitrogen and oxygen atoms in total. The van der Waals surface area contributed by atoms with Crippen LogP contribution in [-0.4, -0.2) is 0 Å². The quantitative estimate of drug-likeness (QED) is 0.763. The second kappa shape index (κ2) is 3.90. The van der Waals surface area contributed by atoms with E-state index >= 15 is 0 Å². The summed E-state index contributed by atoms with van der Waals surface area (Å²) in [5, 5.41) is 10.4. The van der Waals surface area contributed by atoms with Crippen molar-refractivity contribution in [2.24, 2.45) is 0 Å². The van der Waals surface area contributed by atoms with Crippen LogP contribution < -0.4 is 0 Å². The van der Waals surface area contributed by atoms with Gasteiger partial charge in [0.05, 0.1) is 16.3 Å². The van der Waals surface area contributed by atoms with Crippen LogP contribution in [0, 0.1) is 11.3 Å². The molecule has 1 aromatic heterocycles. The van der Waals surface area contributed by atoms with Crippen LogP contribution in [0.3, 0.4) is 0 Å². The van der Waals surface area contributed by atoms with E-state index in [1.54, 1.807) is 11.3 Å². The van der Waals surface area contributed by atoms with Crippen molar-refractivity contribution in [2.75, 3.05) is 0 Å². The third kappa shape index (κ3) is 1.78. The molecule has 0 amide bonds. The fourth-order valence-corrected chi connectivity index (χ4v) is 3.17. The molecule has 0 aliphatic carbocycles. The minimum Gasteiger partial charge on any atom is -0.198 e. The lowest BCUT2D eigenvalue weighted by Gasteiger charge is -1.98. The third-order valence-corrected chi connectivity index (χ3v) is 3.88. The van der Waals surface area contributed by atoms with Crippen molar-refractivity contribution < 1.29 is 0 Å². The Labute approximate surface area is 99.0 Å². The zero-order valence-electron chi connectivity index (χ0n) is 7.05. The van der Waals surface area contributed by atoms with Gasteiger partial charge in [0.2, 0.25) is 0 Å². The number of hydrogen-bond donors (Lipinski definition) is 0. The molecular formula is C10H5BrClNS. The van der Waals surface area contributed by atoms with Crippen molar-refractivity contribution in [3.63, 3.8) is 0 Å². The van der Waals surface area contributed by atoms with E-state index in [0.717, 1.165) is 19.4 Å². The van der Waals surface area contributed by atoms with E-state index in [0.29, 0.717) is 11.4 Å². The van der Waals surface area contributed by atoms with E-state index in [9.17, 15) is 0 Å². The number of nitriles is 1. The summed E-state index contributed by atoms with van der Waals surface area (Å²) < 4.78 is 2.22. The van der Waals surface area contributed by atoms with Crippen LogP contribution in [0.2, 0.25) is 5.02 Å². The average Bonchev–Trinajstić information content (AvgIpc) is 2.45. The van der Waals surface area contributed by atoms with E-state index in [1.165, 1.54) is 0 Å². The third-order valence-electron chi connectivity index (χ3n) is 1.92. The molecule has 0 bridgehead atoms. The van der Waals surface area contributed by atoms with Crippen molar-refractivity contribution in [2.45, 2.75) is 6.42 Å². The van der Waals surface area contributed by atoms with Crippen LogP contribution in [0.15, 0.2) is 22.0 Å². The van der Waals surface area contributed by atoms with Gasteiger partial charge in [0.25, 0.3) is 0 Å². The highest BCUT2D eigenvalue weighted by atomic mass is 79.9. The highest BCUT2D eigenvalue weighted by molar-refractivity contribution is 9.11. The molecule has 0 unspecified atom stereocenters. The van der Waals surface area contributed by atoms with Crippen molar-refractivity contribution in [1.82, 2.24) is 0 Å². The zero-order chi connectivity index (χ0) is 10.1. The summed E-state index contributed by atoms with van der Waals surface area (Å²) in [5.41, 5.74) is 0.895. The first-order valence-electron chi connectivity index (χ1n) is 3.95. The number of halogens is 2. The van der Waals surface area contributed by atoms with E-state index in [1.807, 2.05) is 18.2 Å². The van der Waals surface area contributed by atoms with Gasteiger partial charge >= 0.3 is 0 Å². The van der Waals surface area contributed by atoms with Gasteiger partial charge in [0, 0.05) is 9.72 Å². The molecule has 0 spiro atoms. The maximum absolute atomic E-state index is 8.61. The number of nitrogens with zero attached hydrogens (tertiary/aromatic N) is 1. The molecule has 2 aromatic rings. The molecule has 1 heterocycles. The number of benzene rings is 1. The minimum atomic E-state index is 0.363. The zero-order valence-corrected chi connectivity index (χ0v) is 10.2. The molecule has 0 atom stereocenters. The lowest BCUT2D eigenvalue weighted by Crippen LogP contribution is -1.82. The Morgan fingerprint density at radius 2 is 2.21 bits per heavy atom. The van der Waals surface area contributed by atoms with Gasteiger partial charge < -0.3 is 0 Å². The topological polar surface area (TPSA) is 23.8 Å². The summed E-state index contributed by atoms with van der Waals surface area (Å²) in [6.07, 6.45) is 0.363. The Morgan fingerprint density at radius 3 is 2.93 bits per heavy atom. The summed E-state index contributed by atoms with van der Waals surface area (Å²) in [6, 6.07) is 8.03. The molecule has 0 saturated carbocycles. The SMILES string of the molecule is N#CCc1cc2cc(Br)sc2cc1Cl. The lowest BCUT2D eigenvalue weighted by molar-refractivity contribution is 1.27. The predicted molar refractivity (Wildman–Crippen MR) is 63.9 cm³/mol. The molecule has 0 N–H and O–H groups in total. The van der Waals surface area contributed by atoms with E-state index in [4.69, 9.17) is 16.9 Å². The lowest BCUT2D eigenvalue weighted by atomic mass is 10.1. The number of thiophene rings is 1. The Balaban J connectivity index is 2.65. The van der Waals surface area contributed by atoms with Gasteiger partial charge in [-0.25, -0.2) is 0 Å². The first kappa shape index (κ1) is 9.97. The van der Waals surface area contributed by atoms with Gasteiger partial charge in [0.1, 0.15) is 0 Å².